The maximum atomic E-state index is 12.6. The Morgan fingerprint density at radius 3 is 3.05 bits per heavy atom. The molecular formula is C18H25N3O. The van der Waals surface area contributed by atoms with Crippen molar-refractivity contribution in [2.24, 2.45) is 0 Å². The number of hydrogen-bond donors (Lipinski definition) is 0. The Hall–Kier alpha value is -1.84. The average molecular weight is 299 g/mol. The van der Waals surface area contributed by atoms with Crippen LogP contribution in [-0.4, -0.2) is 32.8 Å². The average Bonchev–Trinajstić information content (AvgIpc) is 2.87. The van der Waals surface area contributed by atoms with Crippen LogP contribution in [-0.2, 0) is 11.2 Å². The van der Waals surface area contributed by atoms with Crippen molar-refractivity contribution in [2.75, 3.05) is 6.54 Å². The minimum Gasteiger partial charge on any atom is -0.340 e. The summed E-state index contributed by atoms with van der Waals surface area (Å²) in [5.41, 5.74) is 3.16. The molecule has 0 aromatic carbocycles. The summed E-state index contributed by atoms with van der Waals surface area (Å²) >= 11 is 0. The van der Waals surface area contributed by atoms with Gasteiger partial charge >= 0.3 is 0 Å². The molecule has 0 radical (unpaired) electrons. The lowest BCUT2D eigenvalue weighted by Gasteiger charge is -2.35. The molecule has 1 aliphatic rings. The number of carbonyl (C=O) groups is 1. The summed E-state index contributed by atoms with van der Waals surface area (Å²) in [7, 11) is 0. The van der Waals surface area contributed by atoms with Gasteiger partial charge in [-0.2, -0.15) is 0 Å². The summed E-state index contributed by atoms with van der Waals surface area (Å²) in [6, 6.07) is 6.47. The Balaban J connectivity index is 1.71. The van der Waals surface area contributed by atoms with Crippen molar-refractivity contribution in [3.8, 4) is 0 Å². The number of rotatable bonds is 4. The zero-order valence-corrected chi connectivity index (χ0v) is 13.6. The topological polar surface area (TPSA) is 37.6 Å². The fourth-order valence-electron chi connectivity index (χ4n) is 3.59. The summed E-state index contributed by atoms with van der Waals surface area (Å²) in [6.07, 6.45) is 8.02. The first-order chi connectivity index (χ1) is 10.7. The van der Waals surface area contributed by atoms with Gasteiger partial charge in [-0.25, -0.2) is 4.98 Å². The standard InChI is InChI=1S/C18H25N3O/c1-3-15-8-4-6-12-20(15)18(22)11-10-16-14(2)19-17-9-5-7-13-21(16)17/h5,7,9,13,15H,3-4,6,8,10-12H2,1-2H3. The Bertz CT molecular complexity index is 661. The predicted octanol–water partition coefficient (Wildman–Crippen LogP) is 3.37. The Morgan fingerprint density at radius 2 is 2.23 bits per heavy atom. The number of nitrogens with zero attached hydrogens (tertiary/aromatic N) is 3. The van der Waals surface area contributed by atoms with Gasteiger partial charge in [0.25, 0.3) is 0 Å². The van der Waals surface area contributed by atoms with E-state index in [0.29, 0.717) is 18.4 Å². The first-order valence-electron chi connectivity index (χ1n) is 8.42. The lowest BCUT2D eigenvalue weighted by molar-refractivity contribution is -0.134. The highest BCUT2D eigenvalue weighted by molar-refractivity contribution is 5.77. The van der Waals surface area contributed by atoms with E-state index < -0.39 is 0 Å². The lowest BCUT2D eigenvalue weighted by Crippen LogP contribution is -2.43. The van der Waals surface area contributed by atoms with Gasteiger partial charge in [-0.3, -0.25) is 4.79 Å². The molecular weight excluding hydrogens is 274 g/mol. The van der Waals surface area contributed by atoms with Crippen LogP contribution in [0.1, 0.15) is 50.4 Å². The van der Waals surface area contributed by atoms with Gasteiger partial charge in [0.05, 0.1) is 5.69 Å². The zero-order valence-electron chi connectivity index (χ0n) is 13.6. The summed E-state index contributed by atoms with van der Waals surface area (Å²) < 4.78 is 2.11. The van der Waals surface area contributed by atoms with Crippen LogP contribution in [0.25, 0.3) is 5.65 Å². The number of aryl methyl sites for hydroxylation is 2. The van der Waals surface area contributed by atoms with Gasteiger partial charge < -0.3 is 9.30 Å². The maximum Gasteiger partial charge on any atom is 0.223 e. The molecule has 1 amide bonds. The van der Waals surface area contributed by atoms with Gasteiger partial charge in [-0.15, -0.1) is 0 Å². The predicted molar refractivity (Wildman–Crippen MR) is 87.9 cm³/mol. The number of amides is 1. The first-order valence-corrected chi connectivity index (χ1v) is 8.42. The Morgan fingerprint density at radius 1 is 1.36 bits per heavy atom. The van der Waals surface area contributed by atoms with Crippen molar-refractivity contribution in [2.45, 2.75) is 58.4 Å². The Kier molecular flexibility index (Phi) is 4.46. The molecule has 4 nitrogen and oxygen atoms in total. The summed E-state index contributed by atoms with van der Waals surface area (Å²) in [5, 5.41) is 0. The fraction of sp³-hybridized carbons (Fsp3) is 0.556. The van der Waals surface area contributed by atoms with Crippen LogP contribution >= 0.6 is 0 Å². The molecule has 3 heterocycles. The fourth-order valence-corrected chi connectivity index (χ4v) is 3.59. The van der Waals surface area contributed by atoms with Gasteiger partial charge in [0, 0.05) is 30.9 Å². The van der Waals surface area contributed by atoms with E-state index in [2.05, 4.69) is 21.2 Å². The molecule has 2 aromatic heterocycles. The highest BCUT2D eigenvalue weighted by Crippen LogP contribution is 2.21. The number of aromatic nitrogens is 2. The number of imidazole rings is 1. The highest BCUT2D eigenvalue weighted by Gasteiger charge is 2.25. The smallest absolute Gasteiger partial charge is 0.223 e. The van der Waals surface area contributed by atoms with E-state index in [-0.39, 0.29) is 0 Å². The molecule has 22 heavy (non-hydrogen) atoms. The van der Waals surface area contributed by atoms with Crippen LogP contribution < -0.4 is 0 Å². The van der Waals surface area contributed by atoms with Crippen molar-refractivity contribution >= 4 is 11.6 Å². The first kappa shape index (κ1) is 15.1. The van der Waals surface area contributed by atoms with Gasteiger partial charge in [-0.05, 0) is 51.2 Å². The second-order valence-electron chi connectivity index (χ2n) is 6.22. The minimum atomic E-state index is 0.303. The largest absolute Gasteiger partial charge is 0.340 e. The van der Waals surface area contributed by atoms with E-state index in [0.717, 1.165) is 49.3 Å². The molecule has 0 N–H and O–H groups in total. The van der Waals surface area contributed by atoms with Crippen molar-refractivity contribution in [1.29, 1.82) is 0 Å². The second kappa shape index (κ2) is 6.51. The number of fused-ring (bicyclic) bond motifs is 1. The van der Waals surface area contributed by atoms with Crippen LogP contribution in [0.2, 0.25) is 0 Å². The van der Waals surface area contributed by atoms with Crippen LogP contribution in [0.15, 0.2) is 24.4 Å². The number of carbonyl (C=O) groups excluding carboxylic acids is 1. The minimum absolute atomic E-state index is 0.303. The number of likely N-dealkylation sites (tertiary alicyclic amines) is 1. The molecule has 0 spiro atoms. The van der Waals surface area contributed by atoms with Crippen LogP contribution in [0.3, 0.4) is 0 Å². The van der Waals surface area contributed by atoms with Crippen LogP contribution in [0, 0.1) is 6.92 Å². The zero-order chi connectivity index (χ0) is 15.5. The number of piperidine rings is 1. The Labute approximate surface area is 132 Å². The lowest BCUT2D eigenvalue weighted by atomic mass is 9.99. The summed E-state index contributed by atoms with van der Waals surface area (Å²) in [4.78, 5) is 19.3. The second-order valence-corrected chi connectivity index (χ2v) is 6.22. The SMILES string of the molecule is CCC1CCCCN1C(=O)CCc1c(C)nc2ccccn12. The molecule has 1 unspecified atom stereocenters. The molecule has 2 aromatic rings. The quantitative estimate of drug-likeness (QED) is 0.868. The number of pyridine rings is 1. The molecule has 0 bridgehead atoms. The molecule has 0 aliphatic carbocycles. The van der Waals surface area contributed by atoms with E-state index in [9.17, 15) is 4.79 Å². The van der Waals surface area contributed by atoms with Crippen molar-refractivity contribution < 1.29 is 4.79 Å². The maximum absolute atomic E-state index is 12.6. The molecule has 1 aliphatic heterocycles. The molecule has 1 saturated heterocycles. The summed E-state index contributed by atoms with van der Waals surface area (Å²) in [5.74, 6) is 0.303. The van der Waals surface area contributed by atoms with Crippen LogP contribution in [0.4, 0.5) is 0 Å². The van der Waals surface area contributed by atoms with E-state index in [4.69, 9.17) is 0 Å². The molecule has 3 rings (SSSR count). The molecule has 118 valence electrons. The molecule has 1 atom stereocenters. The van der Waals surface area contributed by atoms with Crippen molar-refractivity contribution in [1.82, 2.24) is 14.3 Å². The van der Waals surface area contributed by atoms with Gasteiger partial charge in [0.2, 0.25) is 5.91 Å². The third kappa shape index (κ3) is 2.87. The molecule has 0 saturated carbocycles. The van der Waals surface area contributed by atoms with Crippen molar-refractivity contribution in [3.63, 3.8) is 0 Å². The number of hydrogen-bond acceptors (Lipinski definition) is 2. The van der Waals surface area contributed by atoms with E-state index in [1.165, 1.54) is 6.42 Å². The van der Waals surface area contributed by atoms with Gasteiger partial charge in [0.1, 0.15) is 5.65 Å². The third-order valence-corrected chi connectivity index (χ3v) is 4.82. The van der Waals surface area contributed by atoms with Crippen LogP contribution in [0.5, 0.6) is 0 Å². The van der Waals surface area contributed by atoms with Gasteiger partial charge in [-0.1, -0.05) is 13.0 Å². The third-order valence-electron chi connectivity index (χ3n) is 4.82. The monoisotopic (exact) mass is 299 g/mol. The van der Waals surface area contributed by atoms with E-state index in [1.54, 1.807) is 0 Å². The highest BCUT2D eigenvalue weighted by atomic mass is 16.2. The summed E-state index contributed by atoms with van der Waals surface area (Å²) in [6.45, 7) is 5.15. The van der Waals surface area contributed by atoms with E-state index >= 15 is 0 Å². The van der Waals surface area contributed by atoms with Crippen molar-refractivity contribution in [3.05, 3.63) is 35.8 Å². The van der Waals surface area contributed by atoms with Gasteiger partial charge in [0.15, 0.2) is 0 Å². The van der Waals surface area contributed by atoms with E-state index in [1.807, 2.05) is 31.3 Å². The molecule has 1 fully saturated rings. The normalized spacial score (nSPS) is 18.8. The molecule has 4 heteroatoms.